The first-order chi connectivity index (χ1) is 10.8. The maximum absolute atomic E-state index is 5.21. The fraction of sp³-hybridized carbons (Fsp3) is 0.0526. The van der Waals surface area contributed by atoms with E-state index < -0.39 is 0 Å². The third-order valence-corrected chi connectivity index (χ3v) is 7.27. The van der Waals surface area contributed by atoms with Crippen molar-refractivity contribution >= 4 is 47.8 Å². The van der Waals surface area contributed by atoms with Crippen molar-refractivity contribution < 1.29 is 4.74 Å². The molecule has 0 fully saturated rings. The summed E-state index contributed by atoms with van der Waals surface area (Å²) in [6, 6.07) is 28.1. The predicted octanol–water partition coefficient (Wildman–Crippen LogP) is 1.01. The van der Waals surface area contributed by atoms with Crippen molar-refractivity contribution in [2.45, 2.75) is 0 Å². The van der Waals surface area contributed by atoms with Crippen LogP contribution in [0.5, 0.6) is 5.75 Å². The summed E-state index contributed by atoms with van der Waals surface area (Å²) in [6.07, 6.45) is 0. The van der Waals surface area contributed by atoms with E-state index in [0.717, 1.165) is 5.75 Å². The zero-order chi connectivity index (χ0) is 15.2. The summed E-state index contributed by atoms with van der Waals surface area (Å²) < 4.78 is 10.9. The molecule has 3 rings (SSSR count). The number of hydrogen-bond acceptors (Lipinski definition) is 1. The van der Waals surface area contributed by atoms with Crippen LogP contribution >= 0.6 is 0 Å². The number of hydrogen-bond donors (Lipinski definition) is 0. The predicted molar refractivity (Wildman–Crippen MR) is 95.9 cm³/mol. The monoisotopic (exact) mass is 420 g/mol. The Hall–Kier alpha value is -1.50. The van der Waals surface area contributed by atoms with E-state index in [0.29, 0.717) is 29.9 Å². The van der Waals surface area contributed by atoms with Gasteiger partial charge in [0.25, 0.3) is 0 Å². The molecule has 0 spiro atoms. The van der Waals surface area contributed by atoms with Gasteiger partial charge in [-0.25, -0.2) is 0 Å². The maximum atomic E-state index is 5.21. The Morgan fingerprint density at radius 1 is 0.591 bits per heavy atom. The van der Waals surface area contributed by atoms with E-state index in [9.17, 15) is 0 Å². The average Bonchev–Trinajstić information content (AvgIpc) is 2.57. The van der Waals surface area contributed by atoms with Crippen LogP contribution in [0.3, 0.4) is 0 Å². The van der Waals surface area contributed by atoms with E-state index in [1.165, 1.54) is 17.8 Å². The summed E-state index contributed by atoms with van der Waals surface area (Å²) in [7, 11) is 1.70. The van der Waals surface area contributed by atoms with Crippen LogP contribution in [0.25, 0.3) is 0 Å². The van der Waals surface area contributed by atoms with Gasteiger partial charge in [-0.2, -0.15) is 0 Å². The molecule has 3 aromatic rings. The molecule has 0 amide bonds. The third kappa shape index (κ3) is 4.25. The molecule has 0 bridgehead atoms. The van der Waals surface area contributed by atoms with Gasteiger partial charge in [0, 0.05) is 0 Å². The number of ether oxygens (including phenoxy) is 1. The van der Waals surface area contributed by atoms with Gasteiger partial charge in [0.05, 0.1) is 0 Å². The molecule has 0 saturated carbocycles. The second kappa shape index (κ2) is 7.67. The molecule has 0 aliphatic heterocycles. The van der Waals surface area contributed by atoms with E-state index in [1.54, 1.807) is 7.11 Å². The van der Waals surface area contributed by atoms with Gasteiger partial charge in [0.15, 0.2) is 0 Å². The molecule has 3 aromatic carbocycles. The Kier molecular flexibility index (Phi) is 5.37. The summed E-state index contributed by atoms with van der Waals surface area (Å²) in [4.78, 5) is 0. The molecule has 1 nitrogen and oxygen atoms in total. The van der Waals surface area contributed by atoms with Crippen LogP contribution in [0.2, 0.25) is 0 Å². The van der Waals surface area contributed by atoms with Crippen LogP contribution in [-0.2, 0) is 0 Å². The van der Waals surface area contributed by atoms with Crippen molar-refractivity contribution in [1.29, 1.82) is 0 Å². The Morgan fingerprint density at radius 2 is 1.14 bits per heavy atom. The summed E-state index contributed by atoms with van der Waals surface area (Å²) in [5, 5.41) is 0. The summed E-state index contributed by atoms with van der Waals surface area (Å²) in [6.45, 7) is 0. The topological polar surface area (TPSA) is 9.23 Å². The first kappa shape index (κ1) is 15.4. The van der Waals surface area contributed by atoms with Gasteiger partial charge in [-0.1, -0.05) is 0 Å². The van der Waals surface area contributed by atoms with E-state index in [2.05, 4.69) is 66.7 Å². The van der Waals surface area contributed by atoms with Crippen LogP contribution in [-0.4, -0.2) is 37.0 Å². The van der Waals surface area contributed by atoms with Crippen molar-refractivity contribution in [3.8, 4) is 5.75 Å². The third-order valence-electron chi connectivity index (χ3n) is 3.08. The Bertz CT molecular complexity index is 724. The zero-order valence-electron chi connectivity index (χ0n) is 12.2. The molecule has 110 valence electrons. The standard InChI is InChI=1S/C19H16OSe2/c1-20-15-10-12-17(13-11-15)22-19-9-5-8-18(14-19)21-16-6-3-2-4-7-16/h2-14H,1H3. The first-order valence-corrected chi connectivity index (χ1v) is 10.4. The second-order valence-corrected chi connectivity index (χ2v) is 9.48. The molecule has 22 heavy (non-hydrogen) atoms. The Morgan fingerprint density at radius 3 is 1.73 bits per heavy atom. The molecule has 0 unspecified atom stereocenters. The first-order valence-electron chi connectivity index (χ1n) is 6.98. The van der Waals surface area contributed by atoms with Gasteiger partial charge in [0.1, 0.15) is 0 Å². The molecule has 0 aromatic heterocycles. The van der Waals surface area contributed by atoms with Gasteiger partial charge in [-0.05, 0) is 0 Å². The van der Waals surface area contributed by atoms with Gasteiger partial charge < -0.3 is 0 Å². The van der Waals surface area contributed by atoms with Gasteiger partial charge in [-0.3, -0.25) is 0 Å². The van der Waals surface area contributed by atoms with Crippen molar-refractivity contribution in [1.82, 2.24) is 0 Å². The van der Waals surface area contributed by atoms with Crippen LogP contribution in [0.15, 0.2) is 78.9 Å². The van der Waals surface area contributed by atoms with E-state index in [1.807, 2.05) is 12.1 Å². The number of rotatable bonds is 5. The Labute approximate surface area is 144 Å². The number of methoxy groups -OCH3 is 1. The molecular formula is C19H16OSe2. The molecule has 0 aliphatic rings. The minimum atomic E-state index is 0.342. The van der Waals surface area contributed by atoms with E-state index in [-0.39, 0.29) is 0 Å². The van der Waals surface area contributed by atoms with Gasteiger partial charge >= 0.3 is 144 Å². The van der Waals surface area contributed by atoms with Gasteiger partial charge in [0.2, 0.25) is 0 Å². The zero-order valence-corrected chi connectivity index (χ0v) is 15.7. The number of benzene rings is 3. The minimum absolute atomic E-state index is 0.342. The van der Waals surface area contributed by atoms with Crippen molar-refractivity contribution in [3.05, 3.63) is 78.9 Å². The summed E-state index contributed by atoms with van der Waals surface area (Å²) in [5.41, 5.74) is 0. The molecule has 3 heteroatoms. The van der Waals surface area contributed by atoms with Crippen LogP contribution in [0.1, 0.15) is 0 Å². The summed E-state index contributed by atoms with van der Waals surface area (Å²) in [5.74, 6) is 0.917. The van der Waals surface area contributed by atoms with E-state index in [4.69, 9.17) is 4.74 Å². The fourth-order valence-corrected chi connectivity index (χ4v) is 6.11. The second-order valence-electron chi connectivity index (χ2n) is 4.67. The SMILES string of the molecule is COc1ccc([Se]c2cccc([Se]c3ccccc3)c2)cc1. The molecule has 0 aliphatic carbocycles. The molecule has 0 heterocycles. The van der Waals surface area contributed by atoms with E-state index >= 15 is 0 Å². The van der Waals surface area contributed by atoms with Gasteiger partial charge in [-0.15, -0.1) is 0 Å². The van der Waals surface area contributed by atoms with Crippen LogP contribution in [0, 0.1) is 0 Å². The molecule has 0 atom stereocenters. The molecule has 0 N–H and O–H groups in total. The normalized spacial score (nSPS) is 10.4. The quantitative estimate of drug-likeness (QED) is 0.563. The fourth-order valence-electron chi connectivity index (χ4n) is 2.01. The van der Waals surface area contributed by atoms with Crippen molar-refractivity contribution in [2.75, 3.05) is 7.11 Å². The molecule has 0 saturated heterocycles. The Balaban J connectivity index is 1.73. The summed E-state index contributed by atoms with van der Waals surface area (Å²) >= 11 is 0.725. The molecular weight excluding hydrogens is 402 g/mol. The van der Waals surface area contributed by atoms with Crippen molar-refractivity contribution in [3.63, 3.8) is 0 Å². The average molecular weight is 418 g/mol. The molecule has 0 radical (unpaired) electrons. The van der Waals surface area contributed by atoms with Crippen LogP contribution in [0.4, 0.5) is 0 Å². The van der Waals surface area contributed by atoms with Crippen molar-refractivity contribution in [2.24, 2.45) is 0 Å². The van der Waals surface area contributed by atoms with Crippen LogP contribution < -0.4 is 22.6 Å².